The molecule has 0 fully saturated rings. The van der Waals surface area contributed by atoms with Crippen LogP contribution >= 0.6 is 11.3 Å². The number of aryl methyl sites for hydroxylation is 1. The van der Waals surface area contributed by atoms with Crippen molar-refractivity contribution < 1.29 is 5.11 Å². The van der Waals surface area contributed by atoms with Crippen molar-refractivity contribution in [3.8, 4) is 0 Å². The van der Waals surface area contributed by atoms with E-state index in [0.29, 0.717) is 0 Å². The number of aliphatic hydroxyl groups excluding tert-OH is 1. The van der Waals surface area contributed by atoms with Gasteiger partial charge < -0.3 is 5.11 Å². The van der Waals surface area contributed by atoms with E-state index in [0.717, 1.165) is 18.4 Å². The average molecular weight is 202 g/mol. The lowest BCUT2D eigenvalue weighted by atomic mass is 9.94. The van der Waals surface area contributed by atoms with E-state index in [4.69, 9.17) is 0 Å². The van der Waals surface area contributed by atoms with E-state index in [1.54, 1.807) is 11.3 Å². The zero-order valence-electron chi connectivity index (χ0n) is 7.66. The number of hydrogen-bond acceptors (Lipinski definition) is 2. The number of rotatable bonds is 0. The molecule has 1 aliphatic rings. The first kappa shape index (κ1) is 8.45. The van der Waals surface area contributed by atoms with Crippen molar-refractivity contribution in [3.63, 3.8) is 0 Å². The number of thiophene rings is 1. The third-order valence-electron chi connectivity index (χ3n) is 2.67. The van der Waals surface area contributed by atoms with Gasteiger partial charge in [0.15, 0.2) is 0 Å². The molecule has 0 spiro atoms. The highest BCUT2D eigenvalue weighted by molar-refractivity contribution is 7.19. The van der Waals surface area contributed by atoms with Crippen molar-refractivity contribution in [2.45, 2.75) is 18.9 Å². The molecule has 1 nitrogen and oxygen atoms in total. The van der Waals surface area contributed by atoms with E-state index in [2.05, 4.69) is 18.6 Å². The van der Waals surface area contributed by atoms with Crippen molar-refractivity contribution in [2.24, 2.45) is 0 Å². The second kappa shape index (κ2) is 3.07. The van der Waals surface area contributed by atoms with Gasteiger partial charge in [-0.15, -0.1) is 11.3 Å². The van der Waals surface area contributed by atoms with Crippen LogP contribution in [0.5, 0.6) is 0 Å². The third kappa shape index (κ3) is 1.11. The highest BCUT2D eigenvalue weighted by atomic mass is 32.1. The summed E-state index contributed by atoms with van der Waals surface area (Å²) in [4.78, 5) is 1.33. The maximum Gasteiger partial charge on any atom is 0.0876 e. The summed E-state index contributed by atoms with van der Waals surface area (Å²) in [5, 5.41) is 11.0. The Morgan fingerprint density at radius 3 is 3.14 bits per heavy atom. The van der Waals surface area contributed by atoms with E-state index in [1.165, 1.54) is 15.0 Å². The van der Waals surface area contributed by atoms with E-state index in [1.807, 2.05) is 12.1 Å². The molecule has 1 aromatic carbocycles. The van der Waals surface area contributed by atoms with Crippen molar-refractivity contribution in [1.82, 2.24) is 0 Å². The lowest BCUT2D eigenvalue weighted by molar-refractivity contribution is 0.203. The molecule has 14 heavy (non-hydrogen) atoms. The van der Waals surface area contributed by atoms with Crippen LogP contribution in [0.3, 0.4) is 0 Å². The van der Waals surface area contributed by atoms with E-state index in [-0.39, 0.29) is 0 Å². The van der Waals surface area contributed by atoms with Crippen LogP contribution in [-0.4, -0.2) is 5.11 Å². The Labute approximate surface area is 87.0 Å². The smallest absolute Gasteiger partial charge is 0.0876 e. The average Bonchev–Trinajstić information content (AvgIpc) is 2.57. The van der Waals surface area contributed by atoms with Gasteiger partial charge in [-0.25, -0.2) is 0 Å². The van der Waals surface area contributed by atoms with Crippen molar-refractivity contribution in [1.29, 1.82) is 0 Å². The van der Waals surface area contributed by atoms with Gasteiger partial charge in [0.1, 0.15) is 0 Å². The van der Waals surface area contributed by atoms with E-state index in [9.17, 15) is 5.11 Å². The zero-order chi connectivity index (χ0) is 9.54. The maximum atomic E-state index is 9.84. The molecule has 70 valence electrons. The Hall–Kier alpha value is -0.860. The predicted octanol–water partition coefficient (Wildman–Crippen LogP) is 2.96. The van der Waals surface area contributed by atoms with Crippen LogP contribution in [-0.2, 0) is 6.42 Å². The van der Waals surface area contributed by atoms with Crippen molar-refractivity contribution in [3.05, 3.63) is 41.1 Å². The molecule has 1 aliphatic carbocycles. The fourth-order valence-corrected chi connectivity index (χ4v) is 3.26. The molecule has 2 aromatic rings. The first-order valence-corrected chi connectivity index (χ1v) is 5.59. The van der Waals surface area contributed by atoms with Gasteiger partial charge in [-0.05, 0) is 24.3 Å². The summed E-state index contributed by atoms with van der Waals surface area (Å²) < 4.78 is 1.28. The molecule has 0 aliphatic heterocycles. The van der Waals surface area contributed by atoms with Crippen LogP contribution in [0.2, 0.25) is 0 Å². The van der Waals surface area contributed by atoms with Gasteiger partial charge in [0.05, 0.1) is 6.10 Å². The molecule has 0 amide bonds. The highest BCUT2D eigenvalue weighted by Crippen LogP contribution is 2.40. The molecule has 0 saturated heterocycles. The molecule has 1 unspecified atom stereocenters. The van der Waals surface area contributed by atoms with E-state index < -0.39 is 6.10 Å². The summed E-state index contributed by atoms with van der Waals surface area (Å²) in [6.07, 6.45) is 4.51. The molecule has 2 heteroatoms. The molecule has 1 aromatic heterocycles. The molecule has 0 saturated carbocycles. The summed E-state index contributed by atoms with van der Waals surface area (Å²) in [5.41, 5.74) is 1.09. The SMILES string of the molecule is OC1[C]CCc2sc3ccccc3c21. The van der Waals surface area contributed by atoms with Gasteiger partial charge in [-0.1, -0.05) is 18.2 Å². The Bertz CT molecular complexity index is 472. The van der Waals surface area contributed by atoms with Crippen LogP contribution < -0.4 is 0 Å². The summed E-state index contributed by atoms with van der Waals surface area (Å²) in [6.45, 7) is 0. The quantitative estimate of drug-likeness (QED) is 0.696. The Morgan fingerprint density at radius 1 is 1.36 bits per heavy atom. The van der Waals surface area contributed by atoms with Gasteiger partial charge in [-0.2, -0.15) is 0 Å². The van der Waals surface area contributed by atoms with Gasteiger partial charge >= 0.3 is 0 Å². The summed E-state index contributed by atoms with van der Waals surface area (Å²) in [5.74, 6) is 0. The maximum absolute atomic E-state index is 9.84. The largest absolute Gasteiger partial charge is 0.388 e. The van der Waals surface area contributed by atoms with Crippen LogP contribution in [0.15, 0.2) is 24.3 Å². The zero-order valence-corrected chi connectivity index (χ0v) is 8.47. The Kier molecular flexibility index (Phi) is 1.85. The van der Waals surface area contributed by atoms with Crippen LogP contribution in [0.4, 0.5) is 0 Å². The van der Waals surface area contributed by atoms with Crippen LogP contribution in [0.25, 0.3) is 10.1 Å². The number of aliphatic hydroxyl groups is 1. The molecule has 0 bridgehead atoms. The molecule has 1 heterocycles. The van der Waals surface area contributed by atoms with Crippen LogP contribution in [0.1, 0.15) is 23.0 Å². The first-order valence-electron chi connectivity index (χ1n) is 4.78. The lowest BCUT2D eigenvalue weighted by Gasteiger charge is -2.16. The minimum absolute atomic E-state index is 0.477. The minimum atomic E-state index is -0.477. The number of benzene rings is 1. The molecular formula is C12H10OS. The van der Waals surface area contributed by atoms with Gasteiger partial charge in [-0.3, -0.25) is 0 Å². The number of fused-ring (bicyclic) bond motifs is 3. The van der Waals surface area contributed by atoms with Gasteiger partial charge in [0.25, 0.3) is 0 Å². The molecule has 1 atom stereocenters. The summed E-state index contributed by atoms with van der Waals surface area (Å²) in [7, 11) is 0. The normalized spacial score (nSPS) is 21.1. The lowest BCUT2D eigenvalue weighted by Crippen LogP contribution is -2.06. The summed E-state index contributed by atoms with van der Waals surface area (Å²) in [6, 6.07) is 8.27. The van der Waals surface area contributed by atoms with E-state index >= 15 is 0 Å². The summed E-state index contributed by atoms with van der Waals surface area (Å²) >= 11 is 1.80. The minimum Gasteiger partial charge on any atom is -0.388 e. The highest BCUT2D eigenvalue weighted by Gasteiger charge is 2.23. The standard InChI is InChI=1S/C12H10OS/c13-9-5-3-7-11-12(9)8-4-1-2-6-10(8)14-11/h1-2,4,6,9,13H,3,7H2. The fourth-order valence-electron chi connectivity index (χ4n) is 2.03. The van der Waals surface area contributed by atoms with Crippen LogP contribution in [0, 0.1) is 6.42 Å². The fraction of sp³-hybridized carbons (Fsp3) is 0.250. The predicted molar refractivity (Wildman–Crippen MR) is 58.3 cm³/mol. The Balaban J connectivity index is 2.34. The molecule has 2 radical (unpaired) electrons. The monoisotopic (exact) mass is 202 g/mol. The van der Waals surface area contributed by atoms with Crippen molar-refractivity contribution in [2.75, 3.05) is 0 Å². The Morgan fingerprint density at radius 2 is 2.21 bits per heavy atom. The van der Waals surface area contributed by atoms with Crippen molar-refractivity contribution >= 4 is 21.4 Å². The third-order valence-corrected chi connectivity index (χ3v) is 3.92. The van der Waals surface area contributed by atoms with Gasteiger partial charge in [0, 0.05) is 21.6 Å². The molecule has 1 N–H and O–H groups in total. The second-order valence-electron chi connectivity index (χ2n) is 3.54. The second-order valence-corrected chi connectivity index (χ2v) is 4.68. The topological polar surface area (TPSA) is 20.2 Å². The molecule has 3 rings (SSSR count). The number of hydrogen-bond donors (Lipinski definition) is 1. The first-order chi connectivity index (χ1) is 6.86. The van der Waals surface area contributed by atoms with Gasteiger partial charge in [0.2, 0.25) is 0 Å². The molecular weight excluding hydrogens is 192 g/mol.